The van der Waals surface area contributed by atoms with Gasteiger partial charge in [0.25, 0.3) is 0 Å². The van der Waals surface area contributed by atoms with Crippen LogP contribution in [0, 0.1) is 11.8 Å². The number of carbonyl (C=O) groups is 2. The first-order valence-electron chi connectivity index (χ1n) is 10.2. The van der Waals surface area contributed by atoms with Crippen LogP contribution in [0.2, 0.25) is 0 Å². The second-order valence-corrected chi connectivity index (χ2v) is 8.50. The Kier molecular flexibility index (Phi) is 4.02. The van der Waals surface area contributed by atoms with E-state index in [0.29, 0.717) is 25.0 Å². The minimum atomic E-state index is -0.845. The molecule has 3 fully saturated rings. The van der Waals surface area contributed by atoms with E-state index < -0.39 is 5.54 Å². The lowest BCUT2D eigenvalue weighted by Crippen LogP contribution is -2.55. The molecule has 3 saturated heterocycles. The predicted molar refractivity (Wildman–Crippen MR) is 101 cm³/mol. The molecule has 1 aromatic carbocycles. The highest BCUT2D eigenvalue weighted by molar-refractivity contribution is 6.09. The van der Waals surface area contributed by atoms with Crippen molar-refractivity contribution >= 4 is 17.5 Å². The number of hydrogen-bond donors (Lipinski definition) is 2. The fourth-order valence-corrected chi connectivity index (χ4v) is 5.92. The summed E-state index contributed by atoms with van der Waals surface area (Å²) in [5, 5.41) is 12.4. The van der Waals surface area contributed by atoms with Crippen molar-refractivity contribution in [2.45, 2.75) is 43.7 Å². The normalized spacial score (nSPS) is 33.4. The van der Waals surface area contributed by atoms with Crippen molar-refractivity contribution in [2.24, 2.45) is 11.8 Å². The second kappa shape index (κ2) is 6.31. The van der Waals surface area contributed by atoms with Crippen molar-refractivity contribution in [1.29, 1.82) is 0 Å². The van der Waals surface area contributed by atoms with E-state index in [1.807, 2.05) is 29.2 Å². The van der Waals surface area contributed by atoms with E-state index in [4.69, 9.17) is 0 Å². The molecule has 144 valence electrons. The van der Waals surface area contributed by atoms with Gasteiger partial charge in [-0.2, -0.15) is 0 Å². The zero-order chi connectivity index (χ0) is 18.6. The molecule has 3 atom stereocenters. The quantitative estimate of drug-likeness (QED) is 0.830. The number of carbonyl (C=O) groups excluding carboxylic acids is 2. The number of aliphatic hydroxyl groups is 1. The minimum absolute atomic E-state index is 0.0308. The molecule has 0 bridgehead atoms. The molecule has 0 saturated carbocycles. The number of para-hydroxylation sites is 1. The van der Waals surface area contributed by atoms with Crippen molar-refractivity contribution < 1.29 is 14.7 Å². The third kappa shape index (κ3) is 2.32. The third-order valence-electron chi connectivity index (χ3n) is 7.26. The van der Waals surface area contributed by atoms with Gasteiger partial charge in [-0.15, -0.1) is 0 Å². The summed E-state index contributed by atoms with van der Waals surface area (Å²) in [6.07, 6.45) is 4.61. The predicted octanol–water partition coefficient (Wildman–Crippen LogP) is 1.55. The Morgan fingerprint density at radius 2 is 1.96 bits per heavy atom. The van der Waals surface area contributed by atoms with Crippen molar-refractivity contribution in [2.75, 3.05) is 31.6 Å². The molecule has 1 spiro atoms. The maximum absolute atomic E-state index is 13.6. The Balaban J connectivity index is 1.52. The van der Waals surface area contributed by atoms with Gasteiger partial charge in [-0.25, -0.2) is 0 Å². The second-order valence-electron chi connectivity index (χ2n) is 8.50. The SMILES string of the molecule is O=C([C@@H]1C[C@H]2CCCN2[C@]12C(=O)Nc1ccccc12)N1CCC(CO)CC1. The zero-order valence-electron chi connectivity index (χ0n) is 15.6. The van der Waals surface area contributed by atoms with E-state index in [1.165, 1.54) is 0 Å². The highest BCUT2D eigenvalue weighted by Gasteiger charge is 2.65. The van der Waals surface area contributed by atoms with E-state index in [1.54, 1.807) is 0 Å². The van der Waals surface area contributed by atoms with Gasteiger partial charge in [0.15, 0.2) is 0 Å². The molecule has 6 nitrogen and oxygen atoms in total. The molecular weight excluding hydrogens is 342 g/mol. The Hall–Kier alpha value is -1.92. The number of piperidine rings is 1. The smallest absolute Gasteiger partial charge is 0.250 e. The van der Waals surface area contributed by atoms with E-state index >= 15 is 0 Å². The van der Waals surface area contributed by atoms with Crippen LogP contribution in [0.15, 0.2) is 24.3 Å². The van der Waals surface area contributed by atoms with Crippen LogP contribution in [0.5, 0.6) is 0 Å². The molecule has 2 amide bonds. The molecule has 0 unspecified atom stereocenters. The number of rotatable bonds is 2. The summed E-state index contributed by atoms with van der Waals surface area (Å²) >= 11 is 0. The topological polar surface area (TPSA) is 72.9 Å². The Morgan fingerprint density at radius 1 is 1.19 bits per heavy atom. The first-order valence-corrected chi connectivity index (χ1v) is 10.2. The molecule has 0 aromatic heterocycles. The molecule has 2 N–H and O–H groups in total. The number of likely N-dealkylation sites (tertiary alicyclic amines) is 1. The number of fused-ring (bicyclic) bond motifs is 4. The molecule has 27 heavy (non-hydrogen) atoms. The monoisotopic (exact) mass is 369 g/mol. The maximum atomic E-state index is 13.6. The van der Waals surface area contributed by atoms with Gasteiger partial charge >= 0.3 is 0 Å². The van der Waals surface area contributed by atoms with Crippen LogP contribution in [0.4, 0.5) is 5.69 Å². The summed E-state index contributed by atoms with van der Waals surface area (Å²) < 4.78 is 0. The minimum Gasteiger partial charge on any atom is -0.396 e. The largest absolute Gasteiger partial charge is 0.396 e. The van der Waals surface area contributed by atoms with Gasteiger partial charge < -0.3 is 15.3 Å². The number of hydrogen-bond acceptors (Lipinski definition) is 4. The Bertz CT molecular complexity index is 774. The van der Waals surface area contributed by atoms with Crippen LogP contribution in [0.1, 0.15) is 37.7 Å². The fourth-order valence-electron chi connectivity index (χ4n) is 5.92. The molecule has 0 radical (unpaired) electrons. The van der Waals surface area contributed by atoms with Gasteiger partial charge in [-0.05, 0) is 50.6 Å². The standard InChI is InChI=1S/C21H27N3O3/c25-13-14-7-10-23(11-8-14)19(26)17-12-15-4-3-9-24(15)21(17)16-5-1-2-6-18(16)22-20(21)27/h1-2,5-6,14-15,17,25H,3-4,7-13H2,(H,22,27)/t15-,17+,21+/m1/s1. The number of nitrogens with one attached hydrogen (secondary N) is 1. The molecule has 0 aliphatic carbocycles. The molecular formula is C21H27N3O3. The summed E-state index contributed by atoms with van der Waals surface area (Å²) in [6, 6.07) is 8.18. The lowest BCUT2D eigenvalue weighted by atomic mass is 9.77. The van der Waals surface area contributed by atoms with Crippen LogP contribution in [0.25, 0.3) is 0 Å². The van der Waals surface area contributed by atoms with Crippen LogP contribution < -0.4 is 5.32 Å². The van der Waals surface area contributed by atoms with Crippen LogP contribution >= 0.6 is 0 Å². The summed E-state index contributed by atoms with van der Waals surface area (Å²) in [5.41, 5.74) is 0.984. The molecule has 4 heterocycles. The highest BCUT2D eigenvalue weighted by atomic mass is 16.3. The first kappa shape index (κ1) is 17.2. The van der Waals surface area contributed by atoms with E-state index in [0.717, 1.165) is 49.9 Å². The number of aliphatic hydroxyl groups excluding tert-OH is 1. The summed E-state index contributed by atoms with van der Waals surface area (Å²) in [7, 11) is 0. The van der Waals surface area contributed by atoms with E-state index in [2.05, 4.69) is 10.2 Å². The van der Waals surface area contributed by atoms with Gasteiger partial charge in [0, 0.05) is 37.0 Å². The lowest BCUT2D eigenvalue weighted by Gasteiger charge is -2.39. The van der Waals surface area contributed by atoms with Crippen LogP contribution in [0.3, 0.4) is 0 Å². The number of benzene rings is 1. The number of amides is 2. The Morgan fingerprint density at radius 3 is 2.74 bits per heavy atom. The fraction of sp³-hybridized carbons (Fsp3) is 0.619. The summed E-state index contributed by atoms with van der Waals surface area (Å²) in [5.74, 6) is 0.0617. The van der Waals surface area contributed by atoms with Gasteiger partial charge in [-0.3, -0.25) is 14.5 Å². The van der Waals surface area contributed by atoms with E-state index in [-0.39, 0.29) is 24.3 Å². The van der Waals surface area contributed by atoms with Gasteiger partial charge in [0.1, 0.15) is 5.54 Å². The first-order chi connectivity index (χ1) is 13.2. The highest BCUT2D eigenvalue weighted by Crippen LogP contribution is 2.55. The molecule has 4 aliphatic rings. The molecule has 5 rings (SSSR count). The van der Waals surface area contributed by atoms with Gasteiger partial charge in [-0.1, -0.05) is 18.2 Å². The average molecular weight is 369 g/mol. The summed E-state index contributed by atoms with van der Waals surface area (Å²) in [4.78, 5) is 31.2. The zero-order valence-corrected chi connectivity index (χ0v) is 15.6. The number of anilines is 1. The summed E-state index contributed by atoms with van der Waals surface area (Å²) in [6.45, 7) is 2.44. The maximum Gasteiger partial charge on any atom is 0.250 e. The molecule has 4 aliphatic heterocycles. The van der Waals surface area contributed by atoms with Crippen LogP contribution in [-0.4, -0.2) is 59.0 Å². The van der Waals surface area contributed by atoms with Crippen molar-refractivity contribution in [3.05, 3.63) is 29.8 Å². The molecule has 6 heteroatoms. The van der Waals surface area contributed by atoms with Gasteiger partial charge in [0.05, 0.1) is 5.92 Å². The lowest BCUT2D eigenvalue weighted by molar-refractivity contribution is -0.145. The third-order valence-corrected chi connectivity index (χ3v) is 7.26. The van der Waals surface area contributed by atoms with Crippen molar-refractivity contribution in [3.63, 3.8) is 0 Å². The number of nitrogens with zero attached hydrogens (tertiary/aromatic N) is 2. The average Bonchev–Trinajstić information content (AvgIpc) is 3.36. The molecule has 1 aromatic rings. The van der Waals surface area contributed by atoms with Crippen LogP contribution in [-0.2, 0) is 15.1 Å². The van der Waals surface area contributed by atoms with Gasteiger partial charge in [0.2, 0.25) is 11.8 Å². The van der Waals surface area contributed by atoms with Crippen molar-refractivity contribution in [1.82, 2.24) is 9.80 Å². The Labute approximate surface area is 159 Å². The van der Waals surface area contributed by atoms with E-state index in [9.17, 15) is 14.7 Å². The van der Waals surface area contributed by atoms with Crippen molar-refractivity contribution in [3.8, 4) is 0 Å².